The van der Waals surface area contributed by atoms with Gasteiger partial charge in [-0.3, -0.25) is 0 Å². The van der Waals surface area contributed by atoms with Gasteiger partial charge in [0.25, 0.3) is 0 Å². The Bertz CT molecular complexity index is 594. The van der Waals surface area contributed by atoms with Crippen LogP contribution >= 0.6 is 23.2 Å². The van der Waals surface area contributed by atoms with Crippen LogP contribution in [0, 0.1) is 11.8 Å². The maximum absolute atomic E-state index is 5.83. The van der Waals surface area contributed by atoms with Crippen LogP contribution in [0.5, 0.6) is 5.75 Å². The maximum atomic E-state index is 5.83. The molecule has 0 amide bonds. The molecule has 2 aromatic rings. The molecule has 0 aliphatic rings. The molecule has 0 heterocycles. The van der Waals surface area contributed by atoms with E-state index in [1.54, 1.807) is 0 Å². The molecule has 19 heavy (non-hydrogen) atoms. The van der Waals surface area contributed by atoms with Crippen molar-refractivity contribution in [1.82, 2.24) is 0 Å². The first-order valence-electron chi connectivity index (χ1n) is 5.80. The molecule has 0 bridgehead atoms. The van der Waals surface area contributed by atoms with Gasteiger partial charge in [0.05, 0.1) is 5.88 Å². The van der Waals surface area contributed by atoms with E-state index in [-0.39, 0.29) is 0 Å². The topological polar surface area (TPSA) is 9.23 Å². The van der Waals surface area contributed by atoms with E-state index in [1.165, 1.54) is 0 Å². The van der Waals surface area contributed by atoms with Crippen LogP contribution < -0.4 is 4.74 Å². The minimum absolute atomic E-state index is 0.329. The van der Waals surface area contributed by atoms with E-state index in [4.69, 9.17) is 27.9 Å². The lowest BCUT2D eigenvalue weighted by atomic mass is 10.2. The standard InChI is InChI=1S/C16H12Cl2O/c17-10-2-4-13-3-1-5-16(11-13)19-12-14-6-8-15(18)9-7-14/h1,3,5-9,11H,10,12H2. The molecule has 0 radical (unpaired) electrons. The summed E-state index contributed by atoms with van der Waals surface area (Å²) in [7, 11) is 0. The van der Waals surface area contributed by atoms with Gasteiger partial charge in [-0.2, -0.15) is 0 Å². The zero-order chi connectivity index (χ0) is 13.5. The molecular formula is C16H12Cl2O. The quantitative estimate of drug-likeness (QED) is 0.597. The molecule has 2 aromatic carbocycles. The van der Waals surface area contributed by atoms with Gasteiger partial charge < -0.3 is 4.74 Å². The van der Waals surface area contributed by atoms with Gasteiger partial charge in [0.1, 0.15) is 12.4 Å². The summed E-state index contributed by atoms with van der Waals surface area (Å²) < 4.78 is 5.71. The van der Waals surface area contributed by atoms with Crippen molar-refractivity contribution >= 4 is 23.2 Å². The van der Waals surface area contributed by atoms with Crippen molar-refractivity contribution in [2.24, 2.45) is 0 Å². The first-order chi connectivity index (χ1) is 9.28. The number of rotatable bonds is 3. The Morgan fingerprint density at radius 1 is 1.05 bits per heavy atom. The molecule has 0 aliphatic carbocycles. The van der Waals surface area contributed by atoms with E-state index in [1.807, 2.05) is 48.5 Å². The number of ether oxygens (including phenoxy) is 1. The van der Waals surface area contributed by atoms with E-state index in [0.717, 1.165) is 21.9 Å². The number of hydrogen-bond acceptors (Lipinski definition) is 1. The van der Waals surface area contributed by atoms with Crippen LogP contribution in [0.3, 0.4) is 0 Å². The summed E-state index contributed by atoms with van der Waals surface area (Å²) in [4.78, 5) is 0. The van der Waals surface area contributed by atoms with Gasteiger partial charge in [-0.25, -0.2) is 0 Å². The van der Waals surface area contributed by atoms with Crippen molar-refractivity contribution in [2.45, 2.75) is 6.61 Å². The molecule has 0 atom stereocenters. The van der Waals surface area contributed by atoms with Crippen LogP contribution in [0.4, 0.5) is 0 Å². The second-order valence-electron chi connectivity index (χ2n) is 3.88. The van der Waals surface area contributed by atoms with Gasteiger partial charge in [0, 0.05) is 10.6 Å². The molecule has 2 rings (SSSR count). The first-order valence-corrected chi connectivity index (χ1v) is 6.71. The molecule has 0 saturated heterocycles. The first kappa shape index (κ1) is 13.8. The average Bonchev–Trinajstić information content (AvgIpc) is 2.45. The summed E-state index contributed by atoms with van der Waals surface area (Å²) >= 11 is 11.4. The monoisotopic (exact) mass is 290 g/mol. The average molecular weight is 291 g/mol. The Hall–Kier alpha value is -1.62. The predicted octanol–water partition coefficient (Wildman–Crippen LogP) is 4.51. The van der Waals surface area contributed by atoms with E-state index in [9.17, 15) is 0 Å². The van der Waals surface area contributed by atoms with Crippen LogP contribution in [-0.2, 0) is 6.61 Å². The third-order valence-electron chi connectivity index (χ3n) is 2.45. The van der Waals surface area contributed by atoms with Gasteiger partial charge in [-0.15, -0.1) is 11.6 Å². The zero-order valence-electron chi connectivity index (χ0n) is 10.2. The molecule has 0 unspecified atom stereocenters. The van der Waals surface area contributed by atoms with Crippen molar-refractivity contribution in [1.29, 1.82) is 0 Å². The predicted molar refractivity (Wildman–Crippen MR) is 79.8 cm³/mol. The van der Waals surface area contributed by atoms with Gasteiger partial charge in [-0.05, 0) is 35.9 Å². The van der Waals surface area contributed by atoms with Crippen molar-refractivity contribution in [3.63, 3.8) is 0 Å². The smallest absolute Gasteiger partial charge is 0.121 e. The normalized spacial score (nSPS) is 9.58. The molecule has 0 fully saturated rings. The van der Waals surface area contributed by atoms with E-state index < -0.39 is 0 Å². The second-order valence-corrected chi connectivity index (χ2v) is 4.58. The fourth-order valence-corrected chi connectivity index (χ4v) is 1.74. The highest BCUT2D eigenvalue weighted by molar-refractivity contribution is 6.30. The molecule has 0 N–H and O–H groups in total. The Kier molecular flexibility index (Phi) is 5.15. The Morgan fingerprint density at radius 3 is 2.58 bits per heavy atom. The van der Waals surface area contributed by atoms with Crippen LogP contribution in [0.15, 0.2) is 48.5 Å². The highest BCUT2D eigenvalue weighted by Gasteiger charge is 1.97. The number of benzene rings is 2. The summed E-state index contributed by atoms with van der Waals surface area (Å²) in [5.74, 6) is 6.90. The third-order valence-corrected chi connectivity index (χ3v) is 2.84. The van der Waals surface area contributed by atoms with Crippen LogP contribution in [0.25, 0.3) is 0 Å². The third kappa shape index (κ3) is 4.52. The van der Waals surface area contributed by atoms with Crippen molar-refractivity contribution < 1.29 is 4.74 Å². The van der Waals surface area contributed by atoms with Gasteiger partial charge in [0.15, 0.2) is 0 Å². The minimum atomic E-state index is 0.329. The van der Waals surface area contributed by atoms with Crippen LogP contribution in [-0.4, -0.2) is 5.88 Å². The van der Waals surface area contributed by atoms with Crippen molar-refractivity contribution in [2.75, 3.05) is 5.88 Å². The second kappa shape index (κ2) is 7.09. The number of hydrogen-bond donors (Lipinski definition) is 0. The fourth-order valence-electron chi connectivity index (χ4n) is 1.55. The summed E-state index contributed by atoms with van der Waals surface area (Å²) in [5, 5.41) is 0.724. The molecule has 1 nitrogen and oxygen atoms in total. The van der Waals surface area contributed by atoms with Gasteiger partial charge >= 0.3 is 0 Å². The van der Waals surface area contributed by atoms with E-state index in [0.29, 0.717) is 12.5 Å². The summed E-state index contributed by atoms with van der Waals surface area (Å²) in [6.45, 7) is 0.504. The molecule has 96 valence electrons. The Labute approximate surface area is 123 Å². The van der Waals surface area contributed by atoms with Gasteiger partial charge in [0.2, 0.25) is 0 Å². The van der Waals surface area contributed by atoms with Crippen LogP contribution in [0.1, 0.15) is 11.1 Å². The van der Waals surface area contributed by atoms with Gasteiger partial charge in [-0.1, -0.05) is 41.6 Å². The largest absolute Gasteiger partial charge is 0.489 e. The minimum Gasteiger partial charge on any atom is -0.489 e. The highest BCUT2D eigenvalue weighted by Crippen LogP contribution is 2.16. The maximum Gasteiger partial charge on any atom is 0.121 e. The zero-order valence-corrected chi connectivity index (χ0v) is 11.7. The summed E-state index contributed by atoms with van der Waals surface area (Å²) in [6, 6.07) is 15.2. The molecule has 0 saturated carbocycles. The SMILES string of the molecule is ClCC#Cc1cccc(OCc2ccc(Cl)cc2)c1. The molecule has 0 aromatic heterocycles. The number of alkyl halides is 1. The molecule has 0 spiro atoms. The van der Waals surface area contributed by atoms with E-state index in [2.05, 4.69) is 11.8 Å². The summed E-state index contributed by atoms with van der Waals surface area (Å²) in [6.07, 6.45) is 0. The lowest BCUT2D eigenvalue weighted by Crippen LogP contribution is -1.95. The van der Waals surface area contributed by atoms with E-state index >= 15 is 0 Å². The molecule has 3 heteroatoms. The highest BCUT2D eigenvalue weighted by atomic mass is 35.5. The van der Waals surface area contributed by atoms with Crippen molar-refractivity contribution in [3.8, 4) is 17.6 Å². The Morgan fingerprint density at radius 2 is 1.84 bits per heavy atom. The van der Waals surface area contributed by atoms with Crippen LogP contribution in [0.2, 0.25) is 5.02 Å². The number of halogens is 2. The fraction of sp³-hybridized carbons (Fsp3) is 0.125. The lowest BCUT2D eigenvalue weighted by Gasteiger charge is -2.06. The Balaban J connectivity index is 2.01. The van der Waals surface area contributed by atoms with Crippen molar-refractivity contribution in [3.05, 3.63) is 64.7 Å². The lowest BCUT2D eigenvalue weighted by molar-refractivity contribution is 0.306. The summed E-state index contributed by atoms with van der Waals surface area (Å²) in [5.41, 5.74) is 1.97. The molecule has 0 aliphatic heterocycles. The molecular weight excluding hydrogens is 279 g/mol.